The number of hydrogen-bond acceptors (Lipinski definition) is 3. The van der Waals surface area contributed by atoms with Gasteiger partial charge < -0.3 is 9.63 Å². The van der Waals surface area contributed by atoms with Gasteiger partial charge in [0.1, 0.15) is 17.3 Å². The first-order valence-electron chi connectivity index (χ1n) is 6.31. The second-order valence-corrected chi connectivity index (χ2v) is 4.49. The van der Waals surface area contributed by atoms with Crippen LogP contribution in [0.3, 0.4) is 0 Å². The molecule has 3 nitrogen and oxygen atoms in total. The van der Waals surface area contributed by atoms with Crippen LogP contribution in [0.4, 0.5) is 8.78 Å². The number of aliphatic hydroxyl groups excluding tert-OH is 1. The molecule has 0 aliphatic rings. The van der Waals surface area contributed by atoms with Gasteiger partial charge in [0.05, 0.1) is 17.7 Å². The highest BCUT2D eigenvalue weighted by atomic mass is 19.1. The van der Waals surface area contributed by atoms with E-state index in [1.165, 1.54) is 6.07 Å². The van der Waals surface area contributed by atoms with Gasteiger partial charge >= 0.3 is 0 Å². The molecule has 0 radical (unpaired) electrons. The Morgan fingerprint density at radius 3 is 2.48 bits per heavy atom. The van der Waals surface area contributed by atoms with Crippen LogP contribution in [0.5, 0.6) is 0 Å². The molecule has 2 aromatic carbocycles. The molecule has 0 saturated carbocycles. The van der Waals surface area contributed by atoms with Crippen molar-refractivity contribution in [2.24, 2.45) is 0 Å². The minimum atomic E-state index is -0.763. The SMILES string of the molecule is OCc1c(-c2ccccc2)noc1-c1ccc(F)cc1F. The summed E-state index contributed by atoms with van der Waals surface area (Å²) in [5.74, 6) is -1.33. The van der Waals surface area contributed by atoms with E-state index in [1.54, 1.807) is 0 Å². The lowest BCUT2D eigenvalue weighted by atomic mass is 10.0. The molecule has 0 saturated heterocycles. The topological polar surface area (TPSA) is 46.3 Å². The molecule has 1 N–H and O–H groups in total. The minimum absolute atomic E-state index is 0.0649. The molecule has 0 bridgehead atoms. The van der Waals surface area contributed by atoms with Crippen molar-refractivity contribution in [3.63, 3.8) is 0 Å². The molecule has 0 fully saturated rings. The molecule has 0 unspecified atom stereocenters. The number of hydrogen-bond donors (Lipinski definition) is 1. The smallest absolute Gasteiger partial charge is 0.175 e. The Kier molecular flexibility index (Phi) is 3.50. The molecule has 3 aromatic rings. The van der Waals surface area contributed by atoms with Gasteiger partial charge in [-0.2, -0.15) is 0 Å². The normalized spacial score (nSPS) is 10.8. The third-order valence-electron chi connectivity index (χ3n) is 3.17. The predicted molar refractivity (Wildman–Crippen MR) is 73.2 cm³/mol. The maximum atomic E-state index is 13.9. The summed E-state index contributed by atoms with van der Waals surface area (Å²) in [4.78, 5) is 0. The average Bonchev–Trinajstić information content (AvgIpc) is 2.91. The van der Waals surface area contributed by atoms with Gasteiger partial charge in [0, 0.05) is 11.6 Å². The Hall–Kier alpha value is -2.53. The summed E-state index contributed by atoms with van der Waals surface area (Å²) in [5.41, 5.74) is 1.62. The van der Waals surface area contributed by atoms with E-state index in [0.717, 1.165) is 17.7 Å². The highest BCUT2D eigenvalue weighted by Crippen LogP contribution is 2.33. The van der Waals surface area contributed by atoms with Gasteiger partial charge in [-0.1, -0.05) is 35.5 Å². The standard InChI is InChI=1S/C16H11F2NO2/c17-11-6-7-12(14(18)8-11)16-13(9-20)15(19-21-16)10-4-2-1-3-5-10/h1-8,20H,9H2. The molecular formula is C16H11F2NO2. The van der Waals surface area contributed by atoms with Gasteiger partial charge in [-0.05, 0) is 12.1 Å². The lowest BCUT2D eigenvalue weighted by molar-refractivity contribution is 0.281. The van der Waals surface area contributed by atoms with Gasteiger partial charge in [-0.15, -0.1) is 0 Å². The number of benzene rings is 2. The van der Waals surface area contributed by atoms with Gasteiger partial charge in [0.25, 0.3) is 0 Å². The van der Waals surface area contributed by atoms with Crippen molar-refractivity contribution in [3.8, 4) is 22.6 Å². The molecule has 0 amide bonds. The third kappa shape index (κ3) is 2.43. The van der Waals surface area contributed by atoms with Crippen molar-refractivity contribution in [2.45, 2.75) is 6.61 Å². The van der Waals surface area contributed by atoms with E-state index < -0.39 is 11.6 Å². The predicted octanol–water partition coefficient (Wildman–Crippen LogP) is 3.78. The molecular weight excluding hydrogens is 276 g/mol. The van der Waals surface area contributed by atoms with Crippen LogP contribution in [-0.2, 0) is 6.61 Å². The Bertz CT molecular complexity index is 769. The second kappa shape index (κ2) is 5.46. The molecule has 1 heterocycles. The summed E-state index contributed by atoms with van der Waals surface area (Å²) in [6.07, 6.45) is 0. The van der Waals surface area contributed by atoms with Crippen LogP contribution in [0.25, 0.3) is 22.6 Å². The van der Waals surface area contributed by atoms with Gasteiger partial charge in [-0.3, -0.25) is 0 Å². The highest BCUT2D eigenvalue weighted by Gasteiger charge is 2.20. The molecule has 0 aliphatic carbocycles. The fourth-order valence-electron chi connectivity index (χ4n) is 2.16. The van der Waals surface area contributed by atoms with Crippen LogP contribution in [0.15, 0.2) is 53.1 Å². The number of aliphatic hydroxyl groups is 1. The van der Waals surface area contributed by atoms with Crippen LogP contribution < -0.4 is 0 Å². The lowest BCUT2D eigenvalue weighted by Crippen LogP contribution is -1.91. The first-order chi connectivity index (χ1) is 10.2. The average molecular weight is 287 g/mol. The number of halogens is 2. The summed E-state index contributed by atoms with van der Waals surface area (Å²) < 4.78 is 32.0. The zero-order valence-electron chi connectivity index (χ0n) is 10.9. The Morgan fingerprint density at radius 2 is 1.81 bits per heavy atom. The van der Waals surface area contributed by atoms with Crippen molar-refractivity contribution in [3.05, 3.63) is 65.7 Å². The van der Waals surface area contributed by atoms with Crippen LogP contribution in [0.1, 0.15) is 5.56 Å². The van der Waals surface area contributed by atoms with E-state index in [0.29, 0.717) is 11.3 Å². The number of nitrogens with zero attached hydrogens (tertiary/aromatic N) is 1. The maximum absolute atomic E-state index is 13.9. The van der Waals surface area contributed by atoms with Crippen molar-refractivity contribution in [1.82, 2.24) is 5.16 Å². The van der Waals surface area contributed by atoms with E-state index in [4.69, 9.17) is 4.52 Å². The number of rotatable bonds is 3. The largest absolute Gasteiger partial charge is 0.391 e. The van der Waals surface area contributed by atoms with Gasteiger partial charge in [-0.25, -0.2) is 8.78 Å². The highest BCUT2D eigenvalue weighted by molar-refractivity contribution is 5.72. The van der Waals surface area contributed by atoms with Crippen molar-refractivity contribution >= 4 is 0 Å². The minimum Gasteiger partial charge on any atom is -0.391 e. The summed E-state index contributed by atoms with van der Waals surface area (Å²) in [5, 5.41) is 13.5. The van der Waals surface area contributed by atoms with Gasteiger partial charge in [0.2, 0.25) is 0 Å². The Balaban J connectivity index is 2.15. The van der Waals surface area contributed by atoms with Crippen molar-refractivity contribution in [1.29, 1.82) is 0 Å². The zero-order valence-corrected chi connectivity index (χ0v) is 10.9. The molecule has 1 aromatic heterocycles. The summed E-state index contributed by atoms with van der Waals surface area (Å²) in [6.45, 7) is -0.361. The van der Waals surface area contributed by atoms with E-state index in [2.05, 4.69) is 5.16 Å². The Morgan fingerprint density at radius 1 is 1.05 bits per heavy atom. The second-order valence-electron chi connectivity index (χ2n) is 4.49. The third-order valence-corrected chi connectivity index (χ3v) is 3.17. The monoisotopic (exact) mass is 287 g/mol. The molecule has 0 aliphatic heterocycles. The maximum Gasteiger partial charge on any atom is 0.175 e. The quantitative estimate of drug-likeness (QED) is 0.797. The molecule has 0 spiro atoms. The van der Waals surface area contributed by atoms with E-state index in [1.807, 2.05) is 30.3 Å². The fraction of sp³-hybridized carbons (Fsp3) is 0.0625. The molecule has 3 rings (SSSR count). The first kappa shape index (κ1) is 13.5. The van der Waals surface area contributed by atoms with Crippen LogP contribution >= 0.6 is 0 Å². The Labute approximate surface area is 119 Å². The molecule has 0 atom stereocenters. The number of aromatic nitrogens is 1. The van der Waals surface area contributed by atoms with E-state index in [9.17, 15) is 13.9 Å². The zero-order chi connectivity index (χ0) is 14.8. The van der Waals surface area contributed by atoms with Crippen LogP contribution in [0.2, 0.25) is 0 Å². The van der Waals surface area contributed by atoms with Crippen LogP contribution in [-0.4, -0.2) is 10.3 Å². The lowest BCUT2D eigenvalue weighted by Gasteiger charge is -2.02. The van der Waals surface area contributed by atoms with E-state index >= 15 is 0 Å². The molecule has 5 heteroatoms. The first-order valence-corrected chi connectivity index (χ1v) is 6.31. The fourth-order valence-corrected chi connectivity index (χ4v) is 2.16. The molecule has 106 valence electrons. The molecule has 21 heavy (non-hydrogen) atoms. The van der Waals surface area contributed by atoms with Crippen molar-refractivity contribution in [2.75, 3.05) is 0 Å². The van der Waals surface area contributed by atoms with Crippen LogP contribution in [0, 0.1) is 11.6 Å². The summed E-state index contributed by atoms with van der Waals surface area (Å²) in [6, 6.07) is 12.3. The van der Waals surface area contributed by atoms with Gasteiger partial charge in [0.15, 0.2) is 5.76 Å². The summed E-state index contributed by atoms with van der Waals surface area (Å²) in [7, 11) is 0. The summed E-state index contributed by atoms with van der Waals surface area (Å²) >= 11 is 0. The van der Waals surface area contributed by atoms with Crippen molar-refractivity contribution < 1.29 is 18.4 Å². The van der Waals surface area contributed by atoms with E-state index in [-0.39, 0.29) is 17.9 Å².